The number of nitrogens with one attached hydrogen (secondary N) is 1. The molecule has 0 saturated carbocycles. The molecule has 5 nitrogen and oxygen atoms in total. The minimum atomic E-state index is -0.0368. The zero-order chi connectivity index (χ0) is 17.1. The number of hydrogen-bond donors (Lipinski definition) is 1. The van der Waals surface area contributed by atoms with Crippen molar-refractivity contribution in [2.24, 2.45) is 0 Å². The van der Waals surface area contributed by atoms with Crippen molar-refractivity contribution >= 4 is 16.9 Å². The normalized spacial score (nSPS) is 14.9. The third-order valence-corrected chi connectivity index (χ3v) is 4.55. The summed E-state index contributed by atoms with van der Waals surface area (Å²) in [5.74, 6) is -0.0368. The molecule has 0 unspecified atom stereocenters. The van der Waals surface area contributed by atoms with Crippen LogP contribution in [0.3, 0.4) is 0 Å². The van der Waals surface area contributed by atoms with Gasteiger partial charge in [-0.15, -0.1) is 0 Å². The Morgan fingerprint density at radius 3 is 2.92 bits per heavy atom. The summed E-state index contributed by atoms with van der Waals surface area (Å²) in [5, 5.41) is 8.28. The first-order valence-electron chi connectivity index (χ1n) is 8.87. The lowest BCUT2D eigenvalue weighted by atomic mass is 9.97. The molecule has 2 aromatic heterocycles. The molecule has 5 heteroatoms. The highest BCUT2D eigenvalue weighted by Crippen LogP contribution is 2.22. The predicted molar refractivity (Wildman–Crippen MR) is 96.2 cm³/mol. The quantitative estimate of drug-likeness (QED) is 0.847. The first-order chi connectivity index (χ1) is 11.6. The molecule has 1 aliphatic carbocycles. The van der Waals surface area contributed by atoms with Crippen LogP contribution in [0.4, 0.5) is 0 Å². The molecule has 0 fully saturated rings. The van der Waals surface area contributed by atoms with Gasteiger partial charge in [-0.3, -0.25) is 4.79 Å². The van der Waals surface area contributed by atoms with Crippen LogP contribution in [0, 0.1) is 6.92 Å². The van der Waals surface area contributed by atoms with E-state index in [4.69, 9.17) is 0 Å². The first kappa shape index (κ1) is 16.7. The van der Waals surface area contributed by atoms with E-state index in [0.29, 0.717) is 12.1 Å². The Morgan fingerprint density at radius 2 is 2.21 bits per heavy atom. The van der Waals surface area contributed by atoms with E-state index in [-0.39, 0.29) is 11.9 Å². The van der Waals surface area contributed by atoms with Gasteiger partial charge in [0.1, 0.15) is 0 Å². The van der Waals surface area contributed by atoms with Gasteiger partial charge in [0.05, 0.1) is 17.1 Å². The summed E-state index contributed by atoms with van der Waals surface area (Å²) in [5.41, 5.74) is 3.77. The number of carbonyl (C=O) groups excluding carboxylic acids is 1. The Morgan fingerprint density at radius 1 is 1.38 bits per heavy atom. The molecule has 24 heavy (non-hydrogen) atoms. The lowest BCUT2D eigenvalue weighted by Crippen LogP contribution is -2.25. The molecule has 0 spiro atoms. The van der Waals surface area contributed by atoms with Crippen LogP contribution < -0.4 is 5.32 Å². The molecule has 1 N–H and O–H groups in total. The van der Waals surface area contributed by atoms with Crippen LogP contribution in [0.5, 0.6) is 0 Å². The van der Waals surface area contributed by atoms with E-state index in [1.807, 2.05) is 17.7 Å². The average molecular weight is 326 g/mol. The lowest BCUT2D eigenvalue weighted by molar-refractivity contribution is 0.0955. The third kappa shape index (κ3) is 3.50. The fourth-order valence-electron chi connectivity index (χ4n) is 3.27. The maximum absolute atomic E-state index is 12.6. The zero-order valence-electron chi connectivity index (χ0n) is 14.8. The number of fused-ring (bicyclic) bond motifs is 1. The van der Waals surface area contributed by atoms with Gasteiger partial charge in [0.25, 0.3) is 5.91 Å². The molecule has 0 atom stereocenters. The summed E-state index contributed by atoms with van der Waals surface area (Å²) in [6.45, 7) is 6.73. The molecule has 0 saturated heterocycles. The van der Waals surface area contributed by atoms with Crippen molar-refractivity contribution in [3.63, 3.8) is 0 Å². The highest BCUT2D eigenvalue weighted by molar-refractivity contribution is 6.05. The molecule has 1 aliphatic rings. The largest absolute Gasteiger partial charge is 0.352 e. The van der Waals surface area contributed by atoms with Crippen molar-refractivity contribution in [3.8, 4) is 0 Å². The molecule has 128 valence electrons. The van der Waals surface area contributed by atoms with Crippen molar-refractivity contribution in [1.82, 2.24) is 20.1 Å². The summed E-state index contributed by atoms with van der Waals surface area (Å²) < 4.78 is 1.87. The van der Waals surface area contributed by atoms with Crippen LogP contribution in [0.15, 0.2) is 23.9 Å². The smallest absolute Gasteiger partial charge is 0.252 e. The second-order valence-corrected chi connectivity index (χ2v) is 6.85. The summed E-state index contributed by atoms with van der Waals surface area (Å²) in [6.07, 6.45) is 9.96. The Kier molecular flexibility index (Phi) is 4.97. The van der Waals surface area contributed by atoms with Gasteiger partial charge in [-0.05, 0) is 58.9 Å². The van der Waals surface area contributed by atoms with Gasteiger partial charge in [-0.2, -0.15) is 5.10 Å². The standard InChI is InChI=1S/C19H26N4O/c1-13(2)23-18-17(12-21-23)16(11-14(3)22-18)19(24)20-10-9-15-7-5-4-6-8-15/h7,11-13H,4-6,8-10H2,1-3H3,(H,20,24). The Labute approximate surface area is 143 Å². The minimum Gasteiger partial charge on any atom is -0.352 e. The average Bonchev–Trinajstić information content (AvgIpc) is 2.98. The van der Waals surface area contributed by atoms with Gasteiger partial charge < -0.3 is 5.32 Å². The van der Waals surface area contributed by atoms with E-state index in [2.05, 4.69) is 35.3 Å². The molecule has 1 amide bonds. The van der Waals surface area contributed by atoms with Gasteiger partial charge in [-0.25, -0.2) is 9.67 Å². The third-order valence-electron chi connectivity index (χ3n) is 4.55. The Balaban J connectivity index is 1.75. The van der Waals surface area contributed by atoms with Crippen molar-refractivity contribution in [3.05, 3.63) is 35.2 Å². The van der Waals surface area contributed by atoms with Crippen molar-refractivity contribution in [2.45, 2.75) is 58.9 Å². The van der Waals surface area contributed by atoms with E-state index in [9.17, 15) is 4.79 Å². The van der Waals surface area contributed by atoms with E-state index in [1.54, 1.807) is 6.20 Å². The number of pyridine rings is 1. The second kappa shape index (κ2) is 7.16. The SMILES string of the molecule is Cc1cc(C(=O)NCCC2=CCCCC2)c2cnn(C(C)C)c2n1. The van der Waals surface area contributed by atoms with Crippen LogP contribution in [0.1, 0.15) is 68.0 Å². The lowest BCUT2D eigenvalue weighted by Gasteiger charge is -2.13. The highest BCUT2D eigenvalue weighted by atomic mass is 16.1. The number of aryl methyl sites for hydroxylation is 1. The fraction of sp³-hybridized carbons (Fsp3) is 0.526. The van der Waals surface area contributed by atoms with E-state index < -0.39 is 0 Å². The van der Waals surface area contributed by atoms with Crippen LogP contribution in [0.25, 0.3) is 11.0 Å². The van der Waals surface area contributed by atoms with Gasteiger partial charge >= 0.3 is 0 Å². The fourth-order valence-corrected chi connectivity index (χ4v) is 3.27. The van der Waals surface area contributed by atoms with Crippen LogP contribution in [0.2, 0.25) is 0 Å². The van der Waals surface area contributed by atoms with Gasteiger partial charge in [0, 0.05) is 18.3 Å². The van der Waals surface area contributed by atoms with E-state index in [0.717, 1.165) is 23.1 Å². The number of allylic oxidation sites excluding steroid dienone is 1. The Bertz CT molecular complexity index is 773. The van der Waals surface area contributed by atoms with Crippen molar-refractivity contribution in [1.29, 1.82) is 0 Å². The van der Waals surface area contributed by atoms with E-state index >= 15 is 0 Å². The number of amides is 1. The summed E-state index contributed by atoms with van der Waals surface area (Å²) >= 11 is 0. The molecular formula is C19H26N4O. The maximum atomic E-state index is 12.6. The van der Waals surface area contributed by atoms with Gasteiger partial charge in [-0.1, -0.05) is 11.6 Å². The zero-order valence-corrected chi connectivity index (χ0v) is 14.8. The number of rotatable bonds is 5. The van der Waals surface area contributed by atoms with E-state index in [1.165, 1.54) is 31.3 Å². The van der Waals surface area contributed by atoms with Crippen LogP contribution in [-0.2, 0) is 0 Å². The number of hydrogen-bond acceptors (Lipinski definition) is 3. The molecule has 2 aromatic rings. The van der Waals surface area contributed by atoms with Gasteiger partial charge in [0.2, 0.25) is 0 Å². The molecule has 0 aliphatic heterocycles. The minimum absolute atomic E-state index is 0.0368. The summed E-state index contributed by atoms with van der Waals surface area (Å²) in [7, 11) is 0. The van der Waals surface area contributed by atoms with Crippen LogP contribution in [-0.4, -0.2) is 27.2 Å². The highest BCUT2D eigenvalue weighted by Gasteiger charge is 2.16. The number of nitrogens with zero attached hydrogens (tertiary/aromatic N) is 3. The topological polar surface area (TPSA) is 59.8 Å². The molecule has 0 aromatic carbocycles. The molecular weight excluding hydrogens is 300 g/mol. The second-order valence-electron chi connectivity index (χ2n) is 6.85. The molecule has 3 rings (SSSR count). The molecule has 0 radical (unpaired) electrons. The maximum Gasteiger partial charge on any atom is 0.252 e. The summed E-state index contributed by atoms with van der Waals surface area (Å²) in [4.78, 5) is 17.2. The van der Waals surface area contributed by atoms with Crippen molar-refractivity contribution < 1.29 is 4.79 Å². The van der Waals surface area contributed by atoms with Crippen molar-refractivity contribution in [2.75, 3.05) is 6.54 Å². The number of carbonyl (C=O) groups is 1. The first-order valence-corrected chi connectivity index (χ1v) is 8.87. The monoisotopic (exact) mass is 326 g/mol. The molecule has 0 bridgehead atoms. The number of aromatic nitrogens is 3. The predicted octanol–water partition coefficient (Wildman–Crippen LogP) is 3.94. The molecule has 2 heterocycles. The summed E-state index contributed by atoms with van der Waals surface area (Å²) in [6, 6.07) is 2.06. The van der Waals surface area contributed by atoms with Crippen LogP contribution >= 0.6 is 0 Å². The Hall–Kier alpha value is -2.17. The van der Waals surface area contributed by atoms with Gasteiger partial charge in [0.15, 0.2) is 5.65 Å².